The van der Waals surface area contributed by atoms with Gasteiger partial charge in [0.05, 0.1) is 5.75 Å². The summed E-state index contributed by atoms with van der Waals surface area (Å²) >= 11 is 6.02. The zero-order chi connectivity index (χ0) is 14.6. The van der Waals surface area contributed by atoms with Gasteiger partial charge in [-0.1, -0.05) is 42.6 Å². The third kappa shape index (κ3) is 4.19. The van der Waals surface area contributed by atoms with Crippen LogP contribution in [-0.4, -0.2) is 21.0 Å². The Morgan fingerprint density at radius 2 is 1.95 bits per heavy atom. The van der Waals surface area contributed by atoms with Crippen molar-refractivity contribution in [1.82, 2.24) is 4.72 Å². The Hall–Kier alpha value is -0.620. The first-order chi connectivity index (χ1) is 9.52. The van der Waals surface area contributed by atoms with Crippen molar-refractivity contribution >= 4 is 21.6 Å². The van der Waals surface area contributed by atoms with Crippen molar-refractivity contribution in [2.24, 2.45) is 11.7 Å². The Morgan fingerprint density at radius 3 is 2.65 bits per heavy atom. The van der Waals surface area contributed by atoms with E-state index < -0.39 is 10.0 Å². The van der Waals surface area contributed by atoms with E-state index in [2.05, 4.69) is 4.72 Å². The van der Waals surface area contributed by atoms with Crippen LogP contribution in [0.2, 0.25) is 5.02 Å². The van der Waals surface area contributed by atoms with Crippen molar-refractivity contribution < 1.29 is 8.42 Å². The Labute approximate surface area is 125 Å². The first-order valence-corrected chi connectivity index (χ1v) is 8.98. The molecular formula is C14H21ClN2O2S. The molecule has 2 rings (SSSR count). The molecule has 1 aliphatic rings. The van der Waals surface area contributed by atoms with Gasteiger partial charge in [-0.05, 0) is 36.9 Å². The van der Waals surface area contributed by atoms with E-state index in [0.717, 1.165) is 25.7 Å². The highest BCUT2D eigenvalue weighted by molar-refractivity contribution is 7.88. The van der Waals surface area contributed by atoms with Crippen LogP contribution in [0.15, 0.2) is 24.3 Å². The smallest absolute Gasteiger partial charge is 0.216 e. The van der Waals surface area contributed by atoms with E-state index in [1.165, 1.54) is 0 Å². The summed E-state index contributed by atoms with van der Waals surface area (Å²) in [5.74, 6) is 0.158. The average Bonchev–Trinajstić information content (AvgIpc) is 2.41. The van der Waals surface area contributed by atoms with Gasteiger partial charge in [-0.25, -0.2) is 13.1 Å². The molecule has 20 heavy (non-hydrogen) atoms. The lowest BCUT2D eigenvalue weighted by atomic mass is 9.85. The zero-order valence-corrected chi connectivity index (χ0v) is 13.0. The third-order valence-electron chi connectivity index (χ3n) is 3.85. The summed E-state index contributed by atoms with van der Waals surface area (Å²) in [6.07, 6.45) is 4.04. The van der Waals surface area contributed by atoms with E-state index in [1.807, 2.05) is 0 Å². The number of benzene rings is 1. The van der Waals surface area contributed by atoms with Gasteiger partial charge in [0.15, 0.2) is 0 Å². The molecule has 0 amide bonds. The predicted molar refractivity (Wildman–Crippen MR) is 82.0 cm³/mol. The average molecular weight is 317 g/mol. The molecule has 0 unspecified atom stereocenters. The van der Waals surface area contributed by atoms with Gasteiger partial charge >= 0.3 is 0 Å². The van der Waals surface area contributed by atoms with Crippen molar-refractivity contribution in [2.75, 3.05) is 6.54 Å². The highest BCUT2D eigenvalue weighted by Gasteiger charge is 2.28. The van der Waals surface area contributed by atoms with Crippen LogP contribution in [0, 0.1) is 5.92 Å². The fourth-order valence-electron chi connectivity index (χ4n) is 2.74. The fourth-order valence-corrected chi connectivity index (χ4v) is 4.54. The normalized spacial score (nSPS) is 23.7. The van der Waals surface area contributed by atoms with E-state index in [-0.39, 0.29) is 17.7 Å². The van der Waals surface area contributed by atoms with E-state index in [9.17, 15) is 8.42 Å². The fraction of sp³-hybridized carbons (Fsp3) is 0.571. The zero-order valence-electron chi connectivity index (χ0n) is 11.4. The first-order valence-electron chi connectivity index (χ1n) is 6.95. The molecule has 0 heterocycles. The first kappa shape index (κ1) is 15.8. The molecule has 0 aromatic heterocycles. The van der Waals surface area contributed by atoms with Gasteiger partial charge < -0.3 is 5.73 Å². The summed E-state index contributed by atoms with van der Waals surface area (Å²) < 4.78 is 27.3. The maximum absolute atomic E-state index is 12.3. The van der Waals surface area contributed by atoms with Crippen LogP contribution >= 0.6 is 11.6 Å². The SMILES string of the molecule is NC[C@@H]1CCCC[C@H]1NS(=O)(=O)Cc1ccccc1Cl. The quantitative estimate of drug-likeness (QED) is 0.875. The molecule has 0 spiro atoms. The van der Waals surface area contributed by atoms with Crippen LogP contribution < -0.4 is 10.5 Å². The van der Waals surface area contributed by atoms with Gasteiger partial charge in [0, 0.05) is 11.1 Å². The molecule has 0 saturated heterocycles. The van der Waals surface area contributed by atoms with Crippen molar-refractivity contribution in [2.45, 2.75) is 37.5 Å². The standard InChI is InChI=1S/C14H21ClN2O2S/c15-13-7-3-1-6-12(13)10-20(18,19)17-14-8-4-2-5-11(14)9-16/h1,3,6-7,11,14,17H,2,4-5,8-10,16H2/t11-,14+/m0/s1. The minimum absolute atomic E-state index is 0.0405. The highest BCUT2D eigenvalue weighted by Crippen LogP contribution is 2.25. The summed E-state index contributed by atoms with van der Waals surface area (Å²) in [5.41, 5.74) is 6.36. The summed E-state index contributed by atoms with van der Waals surface area (Å²) in [5, 5.41) is 0.483. The largest absolute Gasteiger partial charge is 0.330 e. The Bertz CT molecular complexity index is 548. The molecule has 0 aliphatic heterocycles. The monoisotopic (exact) mass is 316 g/mol. The summed E-state index contributed by atoms with van der Waals surface area (Å²) in [7, 11) is -3.39. The Balaban J connectivity index is 2.05. The number of nitrogens with one attached hydrogen (secondary N) is 1. The number of halogens is 1. The molecule has 1 fully saturated rings. The van der Waals surface area contributed by atoms with Gasteiger partial charge in [0.1, 0.15) is 0 Å². The summed E-state index contributed by atoms with van der Waals surface area (Å²) in [6.45, 7) is 0.527. The summed E-state index contributed by atoms with van der Waals surface area (Å²) in [4.78, 5) is 0. The number of nitrogens with two attached hydrogens (primary N) is 1. The Kier molecular flexibility index (Phi) is 5.43. The molecular weight excluding hydrogens is 296 g/mol. The number of hydrogen-bond acceptors (Lipinski definition) is 3. The molecule has 1 saturated carbocycles. The maximum Gasteiger partial charge on any atom is 0.216 e. The molecule has 1 aliphatic carbocycles. The molecule has 3 N–H and O–H groups in total. The van der Waals surface area contributed by atoms with Gasteiger partial charge in [-0.15, -0.1) is 0 Å². The Morgan fingerprint density at radius 1 is 1.25 bits per heavy atom. The van der Waals surface area contributed by atoms with Gasteiger partial charge in [0.2, 0.25) is 10.0 Å². The molecule has 0 bridgehead atoms. The van der Waals surface area contributed by atoms with Crippen molar-refractivity contribution in [3.8, 4) is 0 Å². The van der Waals surface area contributed by atoms with Gasteiger partial charge in [-0.2, -0.15) is 0 Å². The van der Waals surface area contributed by atoms with Crippen molar-refractivity contribution in [3.05, 3.63) is 34.9 Å². The molecule has 1 aromatic rings. The predicted octanol–water partition coefficient (Wildman–Crippen LogP) is 2.28. The molecule has 112 valence electrons. The number of sulfonamides is 1. The third-order valence-corrected chi connectivity index (χ3v) is 5.57. The number of hydrogen-bond donors (Lipinski definition) is 2. The minimum Gasteiger partial charge on any atom is -0.330 e. The second-order valence-electron chi connectivity index (χ2n) is 5.36. The van der Waals surface area contributed by atoms with Gasteiger partial charge in [-0.3, -0.25) is 0 Å². The van der Waals surface area contributed by atoms with Gasteiger partial charge in [0.25, 0.3) is 0 Å². The molecule has 6 heteroatoms. The topological polar surface area (TPSA) is 72.2 Å². The lowest BCUT2D eigenvalue weighted by Crippen LogP contribution is -2.45. The minimum atomic E-state index is -3.39. The van der Waals surface area contributed by atoms with Crippen molar-refractivity contribution in [3.63, 3.8) is 0 Å². The second-order valence-corrected chi connectivity index (χ2v) is 7.52. The lowest BCUT2D eigenvalue weighted by molar-refractivity contribution is 0.296. The maximum atomic E-state index is 12.3. The van der Waals surface area contributed by atoms with Crippen molar-refractivity contribution in [1.29, 1.82) is 0 Å². The van der Waals surface area contributed by atoms with E-state index in [4.69, 9.17) is 17.3 Å². The van der Waals surface area contributed by atoms with Crippen LogP contribution in [-0.2, 0) is 15.8 Å². The van der Waals surface area contributed by atoms with E-state index >= 15 is 0 Å². The van der Waals surface area contributed by atoms with Crippen LogP contribution in [0.3, 0.4) is 0 Å². The number of rotatable bonds is 5. The van der Waals surface area contributed by atoms with Crippen LogP contribution in [0.25, 0.3) is 0 Å². The van der Waals surface area contributed by atoms with Crippen LogP contribution in [0.1, 0.15) is 31.2 Å². The van der Waals surface area contributed by atoms with E-state index in [0.29, 0.717) is 17.1 Å². The summed E-state index contributed by atoms with van der Waals surface area (Å²) in [6, 6.07) is 6.98. The highest BCUT2D eigenvalue weighted by atomic mass is 35.5. The molecule has 0 radical (unpaired) electrons. The van der Waals surface area contributed by atoms with E-state index in [1.54, 1.807) is 24.3 Å². The van der Waals surface area contributed by atoms with Crippen LogP contribution in [0.5, 0.6) is 0 Å². The van der Waals surface area contributed by atoms with Crippen LogP contribution in [0.4, 0.5) is 0 Å². The molecule has 4 nitrogen and oxygen atoms in total. The second kappa shape index (κ2) is 6.89. The molecule has 1 aromatic carbocycles. The lowest BCUT2D eigenvalue weighted by Gasteiger charge is -2.31. The molecule has 2 atom stereocenters.